The van der Waals surface area contributed by atoms with Gasteiger partial charge in [0.2, 0.25) is 0 Å². The number of urea groups is 1. The van der Waals surface area contributed by atoms with Crippen LogP contribution in [0.3, 0.4) is 0 Å². The zero-order chi connectivity index (χ0) is 16.3. The van der Waals surface area contributed by atoms with E-state index in [4.69, 9.17) is 11.6 Å². The molecule has 0 radical (unpaired) electrons. The zero-order valence-electron chi connectivity index (χ0n) is 12.0. The van der Waals surface area contributed by atoms with Gasteiger partial charge in [-0.1, -0.05) is 11.6 Å². The number of rotatable bonds is 4. The second kappa shape index (κ2) is 6.44. The summed E-state index contributed by atoms with van der Waals surface area (Å²) in [6.45, 7) is 0.370. The van der Waals surface area contributed by atoms with Crippen LogP contribution in [0.15, 0.2) is 30.6 Å². The Kier molecular flexibility index (Phi) is 4.62. The van der Waals surface area contributed by atoms with Gasteiger partial charge in [0.25, 0.3) is 5.69 Å². The monoisotopic (exact) mass is 323 g/mol. The Morgan fingerprint density at radius 1 is 1.55 bits per heavy atom. The van der Waals surface area contributed by atoms with E-state index in [1.807, 2.05) is 0 Å². The minimum absolute atomic E-state index is 0.0201. The number of carbonyl (C=O) groups excluding carboxylic acids is 1. The minimum atomic E-state index is -0.600. The first-order chi connectivity index (χ1) is 10.4. The molecule has 0 aliphatic rings. The number of carbonyl (C=O) groups is 1. The summed E-state index contributed by atoms with van der Waals surface area (Å²) in [5, 5.41) is 17.5. The standard InChI is InChI=1S/C13H14ClN5O3/c1-17(7-9-6-15-18(2)8-9)13(20)16-10-3-4-11(14)12(5-10)19(21)22/h3-6,8H,7H2,1-2H3,(H,16,20). The quantitative estimate of drug-likeness (QED) is 0.691. The lowest BCUT2D eigenvalue weighted by Gasteiger charge is -2.17. The molecular formula is C13H14ClN5O3. The van der Waals surface area contributed by atoms with Crippen LogP contribution in [-0.2, 0) is 13.6 Å². The molecule has 0 saturated heterocycles. The van der Waals surface area contributed by atoms with E-state index in [-0.39, 0.29) is 16.7 Å². The number of nitro benzene ring substituents is 1. The summed E-state index contributed by atoms with van der Waals surface area (Å²) in [7, 11) is 3.41. The van der Waals surface area contributed by atoms with Crippen molar-refractivity contribution < 1.29 is 9.72 Å². The maximum Gasteiger partial charge on any atom is 0.321 e. The van der Waals surface area contributed by atoms with Crippen LogP contribution in [0.25, 0.3) is 0 Å². The summed E-state index contributed by atoms with van der Waals surface area (Å²) in [6, 6.07) is 3.71. The van der Waals surface area contributed by atoms with E-state index in [9.17, 15) is 14.9 Å². The van der Waals surface area contributed by atoms with Crippen molar-refractivity contribution in [3.8, 4) is 0 Å². The molecule has 0 spiro atoms. The molecular weight excluding hydrogens is 310 g/mol. The Bertz CT molecular complexity index is 715. The summed E-state index contributed by atoms with van der Waals surface area (Å²) in [5.41, 5.74) is 0.927. The minimum Gasteiger partial charge on any atom is -0.323 e. The van der Waals surface area contributed by atoms with Crippen molar-refractivity contribution >= 4 is 29.0 Å². The third kappa shape index (κ3) is 3.73. The molecule has 2 amide bonds. The van der Waals surface area contributed by atoms with Gasteiger partial charge in [-0.3, -0.25) is 14.8 Å². The molecule has 1 aromatic heterocycles. The highest BCUT2D eigenvalue weighted by Gasteiger charge is 2.15. The van der Waals surface area contributed by atoms with E-state index < -0.39 is 4.92 Å². The van der Waals surface area contributed by atoms with Gasteiger partial charge in [0.05, 0.1) is 17.7 Å². The Morgan fingerprint density at radius 3 is 2.86 bits per heavy atom. The number of hydrogen-bond acceptors (Lipinski definition) is 4. The molecule has 0 fully saturated rings. The average Bonchev–Trinajstić information content (AvgIpc) is 2.85. The van der Waals surface area contributed by atoms with Gasteiger partial charge in [-0.15, -0.1) is 0 Å². The number of hydrogen-bond donors (Lipinski definition) is 1. The lowest BCUT2D eigenvalue weighted by atomic mass is 10.3. The molecule has 0 saturated carbocycles. The van der Waals surface area contributed by atoms with Gasteiger partial charge in [0.1, 0.15) is 5.02 Å². The van der Waals surface area contributed by atoms with Gasteiger partial charge in [0.15, 0.2) is 0 Å². The maximum absolute atomic E-state index is 12.1. The number of benzene rings is 1. The second-order valence-electron chi connectivity index (χ2n) is 4.73. The first-order valence-corrected chi connectivity index (χ1v) is 6.68. The summed E-state index contributed by atoms with van der Waals surface area (Å²) in [4.78, 5) is 23.7. The van der Waals surface area contributed by atoms with Crippen LogP contribution < -0.4 is 5.32 Å². The number of nitro groups is 1. The van der Waals surface area contributed by atoms with Crippen LogP contribution in [0.2, 0.25) is 5.02 Å². The lowest BCUT2D eigenvalue weighted by molar-refractivity contribution is -0.384. The fourth-order valence-electron chi connectivity index (χ4n) is 1.85. The molecule has 116 valence electrons. The van der Waals surface area contributed by atoms with E-state index in [0.717, 1.165) is 5.56 Å². The number of aryl methyl sites for hydroxylation is 1. The molecule has 0 bridgehead atoms. The number of halogens is 1. The number of anilines is 1. The highest BCUT2D eigenvalue weighted by atomic mass is 35.5. The molecule has 1 N–H and O–H groups in total. The van der Waals surface area contributed by atoms with E-state index >= 15 is 0 Å². The van der Waals surface area contributed by atoms with E-state index in [0.29, 0.717) is 12.2 Å². The summed E-state index contributed by atoms with van der Waals surface area (Å²) >= 11 is 5.73. The maximum atomic E-state index is 12.1. The molecule has 2 aromatic rings. The molecule has 0 atom stereocenters. The van der Waals surface area contributed by atoms with Gasteiger partial charge in [-0.2, -0.15) is 5.10 Å². The molecule has 0 unspecified atom stereocenters. The Hall–Kier alpha value is -2.61. The molecule has 1 heterocycles. The van der Waals surface area contributed by atoms with E-state index in [2.05, 4.69) is 10.4 Å². The van der Waals surface area contributed by atoms with Crippen LogP contribution in [0.4, 0.5) is 16.2 Å². The van der Waals surface area contributed by atoms with Crippen LogP contribution in [0, 0.1) is 10.1 Å². The van der Waals surface area contributed by atoms with Crippen molar-refractivity contribution in [2.45, 2.75) is 6.54 Å². The SMILES string of the molecule is CN(Cc1cnn(C)c1)C(=O)Nc1ccc(Cl)c([N+](=O)[O-])c1. The van der Waals surface area contributed by atoms with Crippen molar-refractivity contribution in [1.82, 2.24) is 14.7 Å². The van der Waals surface area contributed by atoms with Crippen LogP contribution in [-0.4, -0.2) is 32.7 Å². The molecule has 8 nitrogen and oxygen atoms in total. The summed E-state index contributed by atoms with van der Waals surface area (Å²) in [5.74, 6) is 0. The number of amides is 2. The highest BCUT2D eigenvalue weighted by Crippen LogP contribution is 2.27. The van der Waals surface area contributed by atoms with Gasteiger partial charge in [-0.05, 0) is 12.1 Å². The normalized spacial score (nSPS) is 10.3. The number of nitrogens with one attached hydrogen (secondary N) is 1. The third-order valence-corrected chi connectivity index (χ3v) is 3.24. The van der Waals surface area contributed by atoms with E-state index in [1.165, 1.54) is 23.1 Å². The van der Waals surface area contributed by atoms with Gasteiger partial charge >= 0.3 is 6.03 Å². The Labute approximate surface area is 131 Å². The highest BCUT2D eigenvalue weighted by molar-refractivity contribution is 6.32. The largest absolute Gasteiger partial charge is 0.323 e. The fraction of sp³-hybridized carbons (Fsp3) is 0.231. The predicted molar refractivity (Wildman–Crippen MR) is 81.8 cm³/mol. The molecule has 1 aromatic carbocycles. The second-order valence-corrected chi connectivity index (χ2v) is 5.14. The fourth-order valence-corrected chi connectivity index (χ4v) is 2.03. The van der Waals surface area contributed by atoms with Crippen molar-refractivity contribution in [2.24, 2.45) is 7.05 Å². The van der Waals surface area contributed by atoms with Crippen molar-refractivity contribution in [3.63, 3.8) is 0 Å². The van der Waals surface area contributed by atoms with Crippen molar-refractivity contribution in [1.29, 1.82) is 0 Å². The van der Waals surface area contributed by atoms with Crippen LogP contribution in [0.5, 0.6) is 0 Å². The molecule has 2 rings (SSSR count). The van der Waals surface area contributed by atoms with Crippen molar-refractivity contribution in [2.75, 3.05) is 12.4 Å². The van der Waals surface area contributed by atoms with Crippen LogP contribution >= 0.6 is 11.6 Å². The van der Waals surface area contributed by atoms with Gasteiger partial charge < -0.3 is 10.2 Å². The number of aromatic nitrogens is 2. The van der Waals surface area contributed by atoms with Gasteiger partial charge in [-0.25, -0.2) is 4.79 Å². The van der Waals surface area contributed by atoms with Crippen LogP contribution in [0.1, 0.15) is 5.56 Å². The molecule has 0 aliphatic carbocycles. The third-order valence-electron chi connectivity index (χ3n) is 2.92. The summed E-state index contributed by atoms with van der Waals surface area (Å²) < 4.78 is 1.64. The van der Waals surface area contributed by atoms with E-state index in [1.54, 1.807) is 31.2 Å². The Morgan fingerprint density at radius 2 is 2.27 bits per heavy atom. The van der Waals surface area contributed by atoms with Gasteiger partial charge in [0, 0.05) is 37.6 Å². The molecule has 22 heavy (non-hydrogen) atoms. The lowest BCUT2D eigenvalue weighted by Crippen LogP contribution is -2.30. The first-order valence-electron chi connectivity index (χ1n) is 6.30. The number of nitrogens with zero attached hydrogens (tertiary/aromatic N) is 4. The predicted octanol–water partition coefficient (Wildman–Crippen LogP) is 2.65. The zero-order valence-corrected chi connectivity index (χ0v) is 12.7. The smallest absolute Gasteiger partial charge is 0.321 e. The first kappa shape index (κ1) is 15.8. The molecule has 9 heteroatoms. The molecule has 0 aliphatic heterocycles. The Balaban J connectivity index is 2.05. The van der Waals surface area contributed by atoms with Crippen molar-refractivity contribution in [3.05, 3.63) is 51.3 Å². The topological polar surface area (TPSA) is 93.3 Å². The average molecular weight is 324 g/mol. The summed E-state index contributed by atoms with van der Waals surface area (Å²) in [6.07, 6.45) is 3.47.